The number of nitrogens with zero attached hydrogens (tertiary/aromatic N) is 2. The average molecular weight is 441 g/mol. The quantitative estimate of drug-likeness (QED) is 0.485. The number of hydrogen-bond donors (Lipinski definition) is 1. The Labute approximate surface area is 184 Å². The predicted molar refractivity (Wildman–Crippen MR) is 111 cm³/mol. The molecule has 1 aromatic carbocycles. The highest BCUT2D eigenvalue weighted by Crippen LogP contribution is 2.54. The van der Waals surface area contributed by atoms with E-state index in [9.17, 15) is 19.6 Å². The topological polar surface area (TPSA) is 141 Å². The first-order chi connectivity index (χ1) is 15.3. The maximum atomic E-state index is 13.9. The number of fused-ring (bicyclic) bond motifs is 2. The van der Waals surface area contributed by atoms with Gasteiger partial charge in [0.1, 0.15) is 36.1 Å². The first kappa shape index (κ1) is 22.8. The Bertz CT molecular complexity index is 1070. The van der Waals surface area contributed by atoms with Gasteiger partial charge in [-0.05, 0) is 19.9 Å². The zero-order valence-corrected chi connectivity index (χ0v) is 18.0. The van der Waals surface area contributed by atoms with E-state index in [1.165, 1.54) is 18.9 Å². The van der Waals surface area contributed by atoms with Gasteiger partial charge in [0.05, 0.1) is 13.2 Å². The fourth-order valence-corrected chi connectivity index (χ4v) is 4.00. The number of methoxy groups -OCH3 is 1. The third-order valence-electron chi connectivity index (χ3n) is 5.21. The summed E-state index contributed by atoms with van der Waals surface area (Å²) in [4.78, 5) is 40.5. The zero-order valence-electron chi connectivity index (χ0n) is 18.0. The summed E-state index contributed by atoms with van der Waals surface area (Å²) in [6.07, 6.45) is 0. The fourth-order valence-electron chi connectivity index (χ4n) is 4.00. The van der Waals surface area contributed by atoms with Gasteiger partial charge in [0.15, 0.2) is 5.41 Å². The van der Waals surface area contributed by atoms with Crippen molar-refractivity contribution in [1.82, 2.24) is 0 Å². The molecule has 0 radical (unpaired) electrons. The van der Waals surface area contributed by atoms with Gasteiger partial charge in [-0.15, -0.1) is 0 Å². The minimum Gasteiger partial charge on any atom is -0.465 e. The summed E-state index contributed by atoms with van der Waals surface area (Å²) in [6, 6.07) is 8.48. The summed E-state index contributed by atoms with van der Waals surface area (Å²) >= 11 is 0. The second-order valence-electron chi connectivity index (χ2n) is 6.98. The number of rotatable bonds is 7. The second kappa shape index (κ2) is 9.11. The maximum absolute atomic E-state index is 13.9. The van der Waals surface area contributed by atoms with E-state index in [1.807, 2.05) is 6.07 Å². The van der Waals surface area contributed by atoms with E-state index in [0.717, 1.165) is 0 Å². The highest BCUT2D eigenvalue weighted by atomic mass is 16.6. The molecule has 3 rings (SSSR count). The van der Waals surface area contributed by atoms with Crippen molar-refractivity contribution in [2.45, 2.75) is 19.3 Å². The average Bonchev–Trinajstić information content (AvgIpc) is 2.98. The van der Waals surface area contributed by atoms with Gasteiger partial charge in [0, 0.05) is 18.4 Å². The lowest BCUT2D eigenvalue weighted by Gasteiger charge is -2.34. The molecule has 0 fully saturated rings. The molecule has 0 aromatic heterocycles. The Morgan fingerprint density at radius 2 is 1.97 bits per heavy atom. The van der Waals surface area contributed by atoms with Crippen molar-refractivity contribution in [3.8, 4) is 6.07 Å². The summed E-state index contributed by atoms with van der Waals surface area (Å²) in [5.41, 5.74) is 4.30. The lowest BCUT2D eigenvalue weighted by Crippen LogP contribution is -2.49. The van der Waals surface area contributed by atoms with Crippen LogP contribution in [0, 0.1) is 11.3 Å². The van der Waals surface area contributed by atoms with Crippen molar-refractivity contribution >= 4 is 23.5 Å². The smallest absolute Gasteiger partial charge is 0.339 e. The number of allylic oxidation sites excluding steroid dienone is 1. The van der Waals surface area contributed by atoms with Crippen LogP contribution in [-0.2, 0) is 38.7 Å². The van der Waals surface area contributed by atoms with E-state index in [2.05, 4.69) is 0 Å². The number of anilines is 1. The van der Waals surface area contributed by atoms with Crippen molar-refractivity contribution in [3.05, 3.63) is 52.6 Å². The Balaban J connectivity index is 2.24. The molecule has 2 N–H and O–H groups in total. The van der Waals surface area contributed by atoms with Crippen LogP contribution in [0.2, 0.25) is 0 Å². The van der Waals surface area contributed by atoms with Gasteiger partial charge >= 0.3 is 11.9 Å². The number of hydrogen-bond acceptors (Lipinski definition) is 9. The molecule has 1 spiro atoms. The van der Waals surface area contributed by atoms with Crippen LogP contribution in [0.4, 0.5) is 5.69 Å². The second-order valence-corrected chi connectivity index (χ2v) is 6.98. The lowest BCUT2D eigenvalue weighted by molar-refractivity contribution is -0.143. The monoisotopic (exact) mass is 441 g/mol. The van der Waals surface area contributed by atoms with Gasteiger partial charge in [-0.25, -0.2) is 4.79 Å². The largest absolute Gasteiger partial charge is 0.465 e. The van der Waals surface area contributed by atoms with Gasteiger partial charge in [-0.2, -0.15) is 5.26 Å². The highest BCUT2D eigenvalue weighted by Gasteiger charge is 2.62. The maximum Gasteiger partial charge on any atom is 0.339 e. The van der Waals surface area contributed by atoms with E-state index >= 15 is 0 Å². The molecule has 0 aliphatic carbocycles. The Morgan fingerprint density at radius 1 is 1.25 bits per heavy atom. The molecule has 0 saturated carbocycles. The van der Waals surface area contributed by atoms with E-state index in [0.29, 0.717) is 11.3 Å². The fraction of sp³-hybridized carbons (Fsp3) is 0.364. The molecule has 1 amide bonds. The van der Waals surface area contributed by atoms with Crippen LogP contribution in [0.5, 0.6) is 0 Å². The molecule has 0 unspecified atom stereocenters. The van der Waals surface area contributed by atoms with Crippen LogP contribution in [-0.4, -0.2) is 51.3 Å². The molecule has 1 atom stereocenters. The highest BCUT2D eigenvalue weighted by molar-refractivity contribution is 6.19. The number of nitrogens with two attached hydrogens (primary N) is 1. The first-order valence-corrected chi connectivity index (χ1v) is 9.87. The molecule has 2 aliphatic heterocycles. The first-order valence-electron chi connectivity index (χ1n) is 9.87. The van der Waals surface area contributed by atoms with Crippen molar-refractivity contribution in [2.24, 2.45) is 5.73 Å². The Hall–Kier alpha value is -3.84. The van der Waals surface area contributed by atoms with Gasteiger partial charge in [0.25, 0.3) is 0 Å². The molecule has 10 nitrogen and oxygen atoms in total. The summed E-state index contributed by atoms with van der Waals surface area (Å²) in [7, 11) is 1.45. The third kappa shape index (κ3) is 3.46. The third-order valence-corrected chi connectivity index (χ3v) is 5.21. The van der Waals surface area contributed by atoms with Crippen molar-refractivity contribution < 1.29 is 33.3 Å². The molecule has 32 heavy (non-hydrogen) atoms. The van der Waals surface area contributed by atoms with Gasteiger partial charge in [-0.3, -0.25) is 14.5 Å². The van der Waals surface area contributed by atoms with Crippen molar-refractivity contribution in [3.63, 3.8) is 0 Å². The van der Waals surface area contributed by atoms with Crippen molar-refractivity contribution in [1.29, 1.82) is 5.26 Å². The predicted octanol–water partition coefficient (Wildman–Crippen LogP) is 1.02. The van der Waals surface area contributed by atoms with Gasteiger partial charge < -0.3 is 24.7 Å². The lowest BCUT2D eigenvalue weighted by atomic mass is 9.68. The van der Waals surface area contributed by atoms with Crippen LogP contribution in [0.25, 0.3) is 0 Å². The van der Waals surface area contributed by atoms with Gasteiger partial charge in [-0.1, -0.05) is 18.2 Å². The number of benzene rings is 1. The van der Waals surface area contributed by atoms with Crippen LogP contribution in [0.3, 0.4) is 0 Å². The Kier molecular flexibility index (Phi) is 6.50. The van der Waals surface area contributed by atoms with Crippen molar-refractivity contribution in [2.75, 3.05) is 38.4 Å². The Morgan fingerprint density at radius 3 is 2.62 bits per heavy atom. The molecular weight excluding hydrogens is 418 g/mol. The summed E-state index contributed by atoms with van der Waals surface area (Å²) in [5, 5.41) is 9.96. The summed E-state index contributed by atoms with van der Waals surface area (Å²) < 4.78 is 20.7. The number of carbonyl (C=O) groups excluding carboxylic acids is 3. The number of para-hydroxylation sites is 1. The molecule has 2 heterocycles. The van der Waals surface area contributed by atoms with Crippen LogP contribution in [0.15, 0.2) is 47.1 Å². The SMILES string of the molecule is CCOC(=O)CN1C(=O)[C@]2(C(C#N)=C(N)OC(C)=C2C(=O)OCCOC)c2ccccc21. The van der Waals surface area contributed by atoms with E-state index < -0.39 is 29.8 Å². The number of amides is 1. The number of ether oxygens (including phenoxy) is 4. The van der Waals surface area contributed by atoms with Crippen LogP contribution >= 0.6 is 0 Å². The zero-order chi connectivity index (χ0) is 23.5. The molecule has 1 aromatic rings. The van der Waals surface area contributed by atoms with E-state index in [1.54, 1.807) is 31.2 Å². The molecule has 0 bridgehead atoms. The van der Waals surface area contributed by atoms with Gasteiger partial charge in [0.2, 0.25) is 11.8 Å². The van der Waals surface area contributed by atoms with E-state index in [4.69, 9.17) is 24.7 Å². The number of esters is 2. The normalized spacial score (nSPS) is 19.6. The molecule has 168 valence electrons. The van der Waals surface area contributed by atoms with Crippen LogP contribution in [0.1, 0.15) is 19.4 Å². The summed E-state index contributed by atoms with van der Waals surface area (Å²) in [5.74, 6) is -2.49. The minimum atomic E-state index is -1.92. The molecule has 2 aliphatic rings. The molecular formula is C22H23N3O7. The number of carbonyl (C=O) groups is 3. The minimum absolute atomic E-state index is 0.0186. The summed E-state index contributed by atoms with van der Waals surface area (Å²) in [6.45, 7) is 2.89. The number of nitriles is 1. The van der Waals surface area contributed by atoms with Crippen LogP contribution < -0.4 is 10.6 Å². The standard InChI is InChI=1S/C22H23N3O7/c1-4-30-17(26)12-25-16-8-6-5-7-14(16)22(21(25)28)15(11-23)19(24)32-13(2)18(22)20(27)31-10-9-29-3/h5-8H,4,9-10,12,24H2,1-3H3/t22-/m0/s1. The van der Waals surface area contributed by atoms with E-state index in [-0.39, 0.29) is 42.6 Å². The molecule has 10 heteroatoms. The molecule has 0 saturated heterocycles.